The maximum Gasteiger partial charge on any atom is 0.354 e. The second-order valence-corrected chi connectivity index (χ2v) is 4.38. The molecule has 106 valence electrons. The van der Waals surface area contributed by atoms with Gasteiger partial charge in [-0.2, -0.15) is 10.2 Å². The first-order valence-corrected chi connectivity index (χ1v) is 6.01. The number of aryl methyl sites for hydroxylation is 1. The smallest absolute Gasteiger partial charge is 0.354 e. The van der Waals surface area contributed by atoms with Gasteiger partial charge in [-0.15, -0.1) is 0 Å². The number of carbonyl (C=O) groups excluding carboxylic acids is 1. The van der Waals surface area contributed by atoms with Crippen LogP contribution in [0.1, 0.15) is 29.0 Å². The number of hydrogen-bond donors (Lipinski definition) is 2. The minimum Gasteiger partial charge on any atom is -0.477 e. The highest BCUT2D eigenvalue weighted by atomic mass is 16.4. The molecule has 2 heterocycles. The normalized spacial score (nSPS) is 12.1. The lowest BCUT2D eigenvalue weighted by Crippen LogP contribution is -2.32. The van der Waals surface area contributed by atoms with Crippen LogP contribution in [-0.2, 0) is 18.4 Å². The molecule has 0 bridgehead atoms. The van der Waals surface area contributed by atoms with E-state index in [-0.39, 0.29) is 11.6 Å². The maximum absolute atomic E-state index is 12.0. The second kappa shape index (κ2) is 5.55. The Kier molecular flexibility index (Phi) is 3.83. The Bertz CT molecular complexity index is 631. The fourth-order valence-electron chi connectivity index (χ4n) is 1.80. The van der Waals surface area contributed by atoms with Gasteiger partial charge in [0.2, 0.25) is 5.91 Å². The molecule has 8 nitrogen and oxygen atoms in total. The second-order valence-electron chi connectivity index (χ2n) is 4.38. The monoisotopic (exact) mass is 277 g/mol. The Morgan fingerprint density at radius 1 is 1.45 bits per heavy atom. The molecule has 0 aromatic carbocycles. The fraction of sp³-hybridized carbons (Fsp3) is 0.333. The zero-order valence-corrected chi connectivity index (χ0v) is 11.1. The summed E-state index contributed by atoms with van der Waals surface area (Å²) in [4.78, 5) is 23.0. The van der Waals surface area contributed by atoms with E-state index in [1.807, 2.05) is 0 Å². The Morgan fingerprint density at radius 2 is 2.20 bits per heavy atom. The Morgan fingerprint density at radius 3 is 2.80 bits per heavy atom. The van der Waals surface area contributed by atoms with E-state index < -0.39 is 12.0 Å². The molecule has 2 aromatic rings. The zero-order valence-electron chi connectivity index (χ0n) is 11.1. The van der Waals surface area contributed by atoms with Crippen LogP contribution in [0.15, 0.2) is 24.7 Å². The molecular weight excluding hydrogens is 262 g/mol. The largest absolute Gasteiger partial charge is 0.477 e. The predicted octanol–water partition coefficient (Wildman–Crippen LogP) is 0.192. The molecule has 0 aliphatic heterocycles. The van der Waals surface area contributed by atoms with Crippen molar-refractivity contribution in [3.63, 3.8) is 0 Å². The number of aromatic carboxylic acids is 1. The first-order valence-electron chi connectivity index (χ1n) is 6.01. The summed E-state index contributed by atoms with van der Waals surface area (Å²) in [6.45, 7) is 1.93. The average molecular weight is 277 g/mol. The van der Waals surface area contributed by atoms with Crippen LogP contribution < -0.4 is 5.32 Å². The highest BCUT2D eigenvalue weighted by Gasteiger charge is 2.21. The van der Waals surface area contributed by atoms with Gasteiger partial charge in [-0.1, -0.05) is 0 Å². The molecule has 2 rings (SSSR count). The van der Waals surface area contributed by atoms with Crippen LogP contribution in [0.2, 0.25) is 0 Å². The van der Waals surface area contributed by atoms with Crippen LogP contribution in [0.25, 0.3) is 0 Å². The molecular formula is C12H15N5O3. The summed E-state index contributed by atoms with van der Waals surface area (Å²) in [5.41, 5.74) is 0.848. The molecule has 8 heteroatoms. The van der Waals surface area contributed by atoms with Gasteiger partial charge < -0.3 is 10.4 Å². The van der Waals surface area contributed by atoms with E-state index in [9.17, 15) is 9.59 Å². The molecule has 20 heavy (non-hydrogen) atoms. The molecule has 1 atom stereocenters. The van der Waals surface area contributed by atoms with Crippen LogP contribution in [0.4, 0.5) is 0 Å². The SMILES string of the molecule is CC(C(=O)NCc1cnn(C)c1)n1nccc1C(=O)O. The summed E-state index contributed by atoms with van der Waals surface area (Å²) < 4.78 is 2.82. The van der Waals surface area contributed by atoms with Gasteiger partial charge in [0.1, 0.15) is 11.7 Å². The number of rotatable bonds is 5. The number of hydrogen-bond acceptors (Lipinski definition) is 4. The molecule has 2 aromatic heterocycles. The minimum absolute atomic E-state index is 0.0194. The standard InChI is InChI=1S/C12H15N5O3/c1-8(17-10(12(19)20)3-4-14-17)11(18)13-5-9-6-15-16(2)7-9/h3-4,6-8H,5H2,1-2H3,(H,13,18)(H,19,20). The number of aromatic nitrogens is 4. The summed E-state index contributed by atoms with van der Waals surface area (Å²) >= 11 is 0. The Labute approximate surface area is 115 Å². The van der Waals surface area contributed by atoms with Crippen LogP contribution >= 0.6 is 0 Å². The summed E-state index contributed by atoms with van der Waals surface area (Å²) in [6.07, 6.45) is 4.80. The molecule has 0 aliphatic rings. The first kappa shape index (κ1) is 13.8. The van der Waals surface area contributed by atoms with E-state index in [1.54, 1.807) is 31.0 Å². The first-order chi connectivity index (χ1) is 9.49. The van der Waals surface area contributed by atoms with Gasteiger partial charge in [0.15, 0.2) is 0 Å². The number of nitrogens with one attached hydrogen (secondary N) is 1. The Hall–Kier alpha value is -2.64. The van der Waals surface area contributed by atoms with Crippen molar-refractivity contribution in [2.24, 2.45) is 7.05 Å². The number of carbonyl (C=O) groups is 2. The quantitative estimate of drug-likeness (QED) is 0.812. The molecule has 0 aliphatic carbocycles. The van der Waals surface area contributed by atoms with E-state index in [0.29, 0.717) is 6.54 Å². The average Bonchev–Trinajstić information content (AvgIpc) is 3.03. The molecule has 0 radical (unpaired) electrons. The van der Waals surface area contributed by atoms with Crippen LogP contribution in [-0.4, -0.2) is 36.5 Å². The minimum atomic E-state index is -1.12. The van der Waals surface area contributed by atoms with E-state index in [1.165, 1.54) is 16.9 Å². The van der Waals surface area contributed by atoms with Gasteiger partial charge in [0.05, 0.1) is 6.20 Å². The number of nitrogens with zero attached hydrogens (tertiary/aromatic N) is 4. The molecule has 0 spiro atoms. The molecule has 0 fully saturated rings. The van der Waals surface area contributed by atoms with E-state index >= 15 is 0 Å². The summed E-state index contributed by atoms with van der Waals surface area (Å²) in [5.74, 6) is -1.42. The van der Waals surface area contributed by atoms with Crippen molar-refractivity contribution >= 4 is 11.9 Å². The van der Waals surface area contributed by atoms with Crippen LogP contribution in [0, 0.1) is 0 Å². The highest BCUT2D eigenvalue weighted by Crippen LogP contribution is 2.09. The fourth-order valence-corrected chi connectivity index (χ4v) is 1.80. The van der Waals surface area contributed by atoms with Crippen molar-refractivity contribution in [3.05, 3.63) is 35.9 Å². The van der Waals surface area contributed by atoms with Crippen molar-refractivity contribution in [1.29, 1.82) is 0 Å². The van der Waals surface area contributed by atoms with Gasteiger partial charge in [-0.05, 0) is 13.0 Å². The number of carboxylic acid groups (broad SMARTS) is 1. The van der Waals surface area contributed by atoms with Crippen molar-refractivity contribution in [2.75, 3.05) is 0 Å². The number of amides is 1. The Balaban J connectivity index is 2.01. The van der Waals surface area contributed by atoms with Crippen LogP contribution in [0.3, 0.4) is 0 Å². The summed E-state index contributed by atoms with van der Waals surface area (Å²) in [7, 11) is 1.79. The van der Waals surface area contributed by atoms with E-state index in [0.717, 1.165) is 5.56 Å². The van der Waals surface area contributed by atoms with E-state index in [4.69, 9.17) is 5.11 Å². The molecule has 0 saturated carbocycles. The van der Waals surface area contributed by atoms with Crippen molar-refractivity contribution < 1.29 is 14.7 Å². The van der Waals surface area contributed by atoms with Gasteiger partial charge in [0.25, 0.3) is 0 Å². The van der Waals surface area contributed by atoms with Crippen molar-refractivity contribution in [1.82, 2.24) is 24.9 Å². The lowest BCUT2D eigenvalue weighted by atomic mass is 10.3. The summed E-state index contributed by atoms with van der Waals surface area (Å²) in [5, 5.41) is 19.6. The van der Waals surface area contributed by atoms with Gasteiger partial charge in [-0.3, -0.25) is 9.48 Å². The van der Waals surface area contributed by atoms with Gasteiger partial charge >= 0.3 is 5.97 Å². The van der Waals surface area contributed by atoms with Crippen molar-refractivity contribution in [3.8, 4) is 0 Å². The molecule has 0 saturated heterocycles. The van der Waals surface area contributed by atoms with Gasteiger partial charge in [-0.25, -0.2) is 9.48 Å². The van der Waals surface area contributed by atoms with Crippen molar-refractivity contribution in [2.45, 2.75) is 19.5 Å². The lowest BCUT2D eigenvalue weighted by molar-refractivity contribution is -0.124. The predicted molar refractivity (Wildman–Crippen MR) is 69.0 cm³/mol. The number of carboxylic acids is 1. The highest BCUT2D eigenvalue weighted by molar-refractivity contribution is 5.87. The molecule has 1 amide bonds. The third kappa shape index (κ3) is 2.85. The topological polar surface area (TPSA) is 102 Å². The maximum atomic E-state index is 12.0. The molecule has 2 N–H and O–H groups in total. The van der Waals surface area contributed by atoms with Crippen LogP contribution in [0.5, 0.6) is 0 Å². The van der Waals surface area contributed by atoms with Gasteiger partial charge in [0, 0.05) is 31.5 Å². The van der Waals surface area contributed by atoms with E-state index in [2.05, 4.69) is 15.5 Å². The summed E-state index contributed by atoms with van der Waals surface area (Å²) in [6, 6.07) is 0.653. The zero-order chi connectivity index (χ0) is 14.7. The lowest BCUT2D eigenvalue weighted by Gasteiger charge is -2.13. The molecule has 1 unspecified atom stereocenters. The third-order valence-electron chi connectivity index (χ3n) is 2.86. The third-order valence-corrected chi connectivity index (χ3v) is 2.86.